The molecule has 0 bridgehead atoms. The van der Waals surface area contributed by atoms with Gasteiger partial charge in [-0.05, 0) is 45.3 Å². The van der Waals surface area contributed by atoms with E-state index >= 15 is 0 Å². The van der Waals surface area contributed by atoms with Crippen LogP contribution in [0.5, 0.6) is 0 Å². The van der Waals surface area contributed by atoms with Crippen molar-refractivity contribution in [3.05, 3.63) is 0 Å². The van der Waals surface area contributed by atoms with E-state index in [1.165, 1.54) is 25.5 Å². The highest BCUT2D eigenvalue weighted by molar-refractivity contribution is 7.88. The summed E-state index contributed by atoms with van der Waals surface area (Å²) < 4.78 is 24.1. The van der Waals surface area contributed by atoms with Crippen molar-refractivity contribution in [2.75, 3.05) is 32.4 Å². The molecule has 0 aromatic rings. The summed E-state index contributed by atoms with van der Waals surface area (Å²) in [4.78, 5) is 0. The van der Waals surface area contributed by atoms with Gasteiger partial charge in [0.15, 0.2) is 0 Å². The molecule has 0 amide bonds. The molecule has 1 aliphatic rings. The zero-order chi connectivity index (χ0) is 11.9. The molecule has 5 nitrogen and oxygen atoms in total. The summed E-state index contributed by atoms with van der Waals surface area (Å²) in [7, 11) is -3.02. The minimum absolute atomic E-state index is 0.525. The Morgan fingerprint density at radius 2 is 2.06 bits per heavy atom. The molecule has 3 N–H and O–H groups in total. The maximum Gasteiger partial charge on any atom is 0.208 e. The van der Waals surface area contributed by atoms with E-state index in [0.717, 1.165) is 26.1 Å². The quantitative estimate of drug-likeness (QED) is 0.563. The molecule has 0 saturated carbocycles. The van der Waals surface area contributed by atoms with Crippen LogP contribution in [-0.4, -0.2) is 46.9 Å². The first kappa shape index (κ1) is 13.9. The SMILES string of the molecule is CS(=O)(=O)NCCCNC1CCCNCC1. The Balaban J connectivity index is 2.01. The second-order valence-electron chi connectivity index (χ2n) is 4.35. The van der Waals surface area contributed by atoms with Gasteiger partial charge in [0, 0.05) is 12.6 Å². The largest absolute Gasteiger partial charge is 0.317 e. The molecule has 0 radical (unpaired) electrons. The van der Waals surface area contributed by atoms with Gasteiger partial charge in [-0.1, -0.05) is 0 Å². The highest BCUT2D eigenvalue weighted by atomic mass is 32.2. The second kappa shape index (κ2) is 7.21. The highest BCUT2D eigenvalue weighted by Gasteiger charge is 2.10. The molecule has 0 aromatic heterocycles. The van der Waals surface area contributed by atoms with Crippen LogP contribution in [0, 0.1) is 0 Å². The van der Waals surface area contributed by atoms with Crippen molar-refractivity contribution in [1.29, 1.82) is 0 Å². The van der Waals surface area contributed by atoms with Crippen LogP contribution >= 0.6 is 0 Å². The molecule has 1 atom stereocenters. The zero-order valence-corrected chi connectivity index (χ0v) is 10.8. The van der Waals surface area contributed by atoms with E-state index in [0.29, 0.717) is 12.6 Å². The predicted octanol–water partition coefficient (Wildman–Crippen LogP) is -0.343. The lowest BCUT2D eigenvalue weighted by atomic mass is 10.1. The summed E-state index contributed by atoms with van der Waals surface area (Å²) in [5.41, 5.74) is 0. The lowest BCUT2D eigenvalue weighted by Gasteiger charge is -2.15. The van der Waals surface area contributed by atoms with Gasteiger partial charge in [-0.15, -0.1) is 0 Å². The smallest absolute Gasteiger partial charge is 0.208 e. The minimum atomic E-state index is -3.02. The molecule has 0 aliphatic carbocycles. The summed E-state index contributed by atoms with van der Waals surface area (Å²) in [6.07, 6.45) is 5.64. The molecule has 1 rings (SSSR count). The fourth-order valence-corrected chi connectivity index (χ4v) is 2.39. The monoisotopic (exact) mass is 249 g/mol. The Kier molecular flexibility index (Phi) is 6.26. The van der Waals surface area contributed by atoms with Gasteiger partial charge in [0.2, 0.25) is 10.0 Å². The van der Waals surface area contributed by atoms with Crippen molar-refractivity contribution in [2.45, 2.75) is 31.7 Å². The van der Waals surface area contributed by atoms with Gasteiger partial charge in [-0.3, -0.25) is 0 Å². The van der Waals surface area contributed by atoms with Gasteiger partial charge < -0.3 is 10.6 Å². The summed E-state index contributed by atoms with van der Waals surface area (Å²) in [5, 5.41) is 6.84. The van der Waals surface area contributed by atoms with E-state index in [4.69, 9.17) is 0 Å². The second-order valence-corrected chi connectivity index (χ2v) is 6.19. The number of sulfonamides is 1. The molecule has 0 spiro atoms. The van der Waals surface area contributed by atoms with Crippen molar-refractivity contribution >= 4 is 10.0 Å². The van der Waals surface area contributed by atoms with Crippen LogP contribution in [-0.2, 0) is 10.0 Å². The molecule has 1 heterocycles. The average molecular weight is 249 g/mol. The lowest BCUT2D eigenvalue weighted by Crippen LogP contribution is -2.33. The molecule has 6 heteroatoms. The lowest BCUT2D eigenvalue weighted by molar-refractivity contribution is 0.464. The van der Waals surface area contributed by atoms with E-state index in [-0.39, 0.29) is 0 Å². The Morgan fingerprint density at radius 1 is 1.25 bits per heavy atom. The Labute approximate surface area is 98.4 Å². The van der Waals surface area contributed by atoms with E-state index in [1.54, 1.807) is 0 Å². The van der Waals surface area contributed by atoms with Crippen molar-refractivity contribution in [3.8, 4) is 0 Å². The topological polar surface area (TPSA) is 70.2 Å². The molecule has 1 fully saturated rings. The predicted molar refractivity (Wildman–Crippen MR) is 66.0 cm³/mol. The third kappa shape index (κ3) is 7.16. The van der Waals surface area contributed by atoms with Gasteiger partial charge in [-0.2, -0.15) is 0 Å². The number of nitrogens with one attached hydrogen (secondary N) is 3. The number of hydrogen-bond donors (Lipinski definition) is 3. The summed E-state index contributed by atoms with van der Waals surface area (Å²) in [5.74, 6) is 0. The standard InChI is InChI=1S/C10H23N3O2S/c1-16(14,15)13-8-3-7-12-10-4-2-6-11-9-5-10/h10-13H,2-9H2,1H3. The first-order chi connectivity index (χ1) is 7.58. The first-order valence-corrected chi connectivity index (χ1v) is 7.86. The molecular weight excluding hydrogens is 226 g/mol. The van der Waals surface area contributed by atoms with Crippen molar-refractivity contribution in [2.24, 2.45) is 0 Å². The van der Waals surface area contributed by atoms with Crippen LogP contribution in [0.15, 0.2) is 0 Å². The van der Waals surface area contributed by atoms with Gasteiger partial charge in [0.25, 0.3) is 0 Å². The Hall–Kier alpha value is -0.170. The summed E-state index contributed by atoms with van der Waals surface area (Å²) in [6.45, 7) is 3.61. The first-order valence-electron chi connectivity index (χ1n) is 5.97. The molecular formula is C10H23N3O2S. The fourth-order valence-electron chi connectivity index (χ4n) is 1.88. The van der Waals surface area contributed by atoms with E-state index < -0.39 is 10.0 Å². The molecule has 0 aromatic carbocycles. The summed E-state index contributed by atoms with van der Waals surface area (Å²) >= 11 is 0. The van der Waals surface area contributed by atoms with E-state index in [9.17, 15) is 8.42 Å². The third-order valence-electron chi connectivity index (χ3n) is 2.73. The Morgan fingerprint density at radius 3 is 2.81 bits per heavy atom. The minimum Gasteiger partial charge on any atom is -0.317 e. The van der Waals surface area contributed by atoms with Gasteiger partial charge in [0.1, 0.15) is 0 Å². The van der Waals surface area contributed by atoms with Gasteiger partial charge >= 0.3 is 0 Å². The van der Waals surface area contributed by atoms with Crippen LogP contribution in [0.4, 0.5) is 0 Å². The van der Waals surface area contributed by atoms with Crippen molar-refractivity contribution in [1.82, 2.24) is 15.4 Å². The van der Waals surface area contributed by atoms with Crippen LogP contribution in [0.2, 0.25) is 0 Å². The number of hydrogen-bond acceptors (Lipinski definition) is 4. The molecule has 1 saturated heterocycles. The van der Waals surface area contributed by atoms with Gasteiger partial charge in [0.05, 0.1) is 6.26 Å². The molecule has 96 valence electrons. The fraction of sp³-hybridized carbons (Fsp3) is 1.00. The molecule has 16 heavy (non-hydrogen) atoms. The van der Waals surface area contributed by atoms with E-state index in [2.05, 4.69) is 15.4 Å². The normalized spacial score (nSPS) is 22.9. The third-order valence-corrected chi connectivity index (χ3v) is 3.46. The average Bonchev–Trinajstić information content (AvgIpc) is 2.44. The number of rotatable bonds is 6. The summed E-state index contributed by atoms with van der Waals surface area (Å²) in [6, 6.07) is 0.591. The maximum atomic E-state index is 10.8. The van der Waals surface area contributed by atoms with Crippen LogP contribution < -0.4 is 15.4 Å². The van der Waals surface area contributed by atoms with Crippen LogP contribution in [0.3, 0.4) is 0 Å². The van der Waals surface area contributed by atoms with Crippen LogP contribution in [0.1, 0.15) is 25.7 Å². The van der Waals surface area contributed by atoms with Crippen molar-refractivity contribution in [3.63, 3.8) is 0 Å². The molecule has 1 unspecified atom stereocenters. The Bertz CT molecular complexity index is 272. The van der Waals surface area contributed by atoms with Crippen molar-refractivity contribution < 1.29 is 8.42 Å². The maximum absolute atomic E-state index is 10.8. The van der Waals surface area contributed by atoms with Gasteiger partial charge in [-0.25, -0.2) is 13.1 Å². The van der Waals surface area contributed by atoms with E-state index in [1.807, 2.05) is 0 Å². The highest BCUT2D eigenvalue weighted by Crippen LogP contribution is 2.04. The zero-order valence-electron chi connectivity index (χ0n) is 9.96. The van der Waals surface area contributed by atoms with Crippen LogP contribution in [0.25, 0.3) is 0 Å². The molecule has 1 aliphatic heterocycles.